The quantitative estimate of drug-likeness (QED) is 0.563. The molecule has 0 spiro atoms. The van der Waals surface area contributed by atoms with Gasteiger partial charge in [-0.3, -0.25) is 0 Å². The molecule has 0 bridgehead atoms. The van der Waals surface area contributed by atoms with Crippen molar-refractivity contribution in [2.24, 2.45) is 4.99 Å². The van der Waals surface area contributed by atoms with E-state index in [4.69, 9.17) is 9.47 Å². The predicted molar refractivity (Wildman–Crippen MR) is 100.0 cm³/mol. The van der Waals surface area contributed by atoms with Crippen molar-refractivity contribution < 1.29 is 9.47 Å². The molecule has 0 atom stereocenters. The van der Waals surface area contributed by atoms with Crippen LogP contribution in [0.1, 0.15) is 26.3 Å². The van der Waals surface area contributed by atoms with Crippen molar-refractivity contribution in [2.45, 2.75) is 32.1 Å². The number of thioether (sulfide) groups is 1. The van der Waals surface area contributed by atoms with E-state index in [0.29, 0.717) is 6.54 Å². The van der Waals surface area contributed by atoms with Crippen molar-refractivity contribution in [1.29, 1.82) is 0 Å². The van der Waals surface area contributed by atoms with E-state index < -0.39 is 0 Å². The number of nitrogens with zero attached hydrogens (tertiary/aromatic N) is 1. The molecule has 0 radical (unpaired) electrons. The smallest absolute Gasteiger partial charge is 0.191 e. The summed E-state index contributed by atoms with van der Waals surface area (Å²) in [6, 6.07) is 5.78. The number of guanidine groups is 1. The van der Waals surface area contributed by atoms with Crippen LogP contribution in [0.15, 0.2) is 23.2 Å². The van der Waals surface area contributed by atoms with Crippen LogP contribution in [0.3, 0.4) is 0 Å². The Labute approximate surface area is 144 Å². The molecule has 0 fully saturated rings. The number of methoxy groups -OCH3 is 2. The second-order valence-electron chi connectivity index (χ2n) is 5.69. The Morgan fingerprint density at radius 2 is 1.96 bits per heavy atom. The highest BCUT2D eigenvalue weighted by Gasteiger charge is 2.16. The molecular weight excluding hydrogens is 310 g/mol. The van der Waals surface area contributed by atoms with Crippen molar-refractivity contribution in [3.8, 4) is 11.5 Å². The number of hydrogen-bond acceptors (Lipinski definition) is 4. The molecule has 0 saturated carbocycles. The topological polar surface area (TPSA) is 54.9 Å². The van der Waals surface area contributed by atoms with Gasteiger partial charge in [0.15, 0.2) is 5.96 Å². The zero-order valence-electron chi connectivity index (χ0n) is 15.0. The van der Waals surface area contributed by atoms with Gasteiger partial charge in [0, 0.05) is 29.5 Å². The molecule has 0 aliphatic carbocycles. The molecule has 6 heteroatoms. The Morgan fingerprint density at radius 1 is 1.22 bits per heavy atom. The molecule has 0 amide bonds. The molecule has 1 aromatic carbocycles. The van der Waals surface area contributed by atoms with Crippen LogP contribution in [0.5, 0.6) is 11.5 Å². The average molecular weight is 340 g/mol. The van der Waals surface area contributed by atoms with Crippen LogP contribution < -0.4 is 20.1 Å². The third kappa shape index (κ3) is 6.60. The van der Waals surface area contributed by atoms with E-state index in [1.807, 2.05) is 30.0 Å². The summed E-state index contributed by atoms with van der Waals surface area (Å²) >= 11 is 1.83. The largest absolute Gasteiger partial charge is 0.497 e. The van der Waals surface area contributed by atoms with Crippen LogP contribution in [-0.4, -0.2) is 44.3 Å². The van der Waals surface area contributed by atoms with Gasteiger partial charge < -0.3 is 20.1 Å². The Morgan fingerprint density at radius 3 is 2.52 bits per heavy atom. The number of aliphatic imine (C=N–C) groups is 1. The maximum Gasteiger partial charge on any atom is 0.191 e. The van der Waals surface area contributed by atoms with Gasteiger partial charge in [-0.1, -0.05) is 0 Å². The normalized spacial score (nSPS) is 12.0. The van der Waals surface area contributed by atoms with Gasteiger partial charge in [-0.05, 0) is 39.2 Å². The molecule has 0 aliphatic heterocycles. The lowest BCUT2D eigenvalue weighted by molar-refractivity contribution is 0.391. The standard InChI is InChI=1S/C17H29N3O2S/c1-7-18-16(20-12-17(2,3)23-6)19-11-13-8-9-14(21-4)10-15(13)22-5/h8-10H,7,11-12H2,1-6H3,(H2,18,19,20). The van der Waals surface area contributed by atoms with E-state index in [2.05, 4.69) is 42.7 Å². The number of rotatable bonds is 8. The average Bonchev–Trinajstić information content (AvgIpc) is 2.57. The van der Waals surface area contributed by atoms with Gasteiger partial charge in [0.05, 0.1) is 20.8 Å². The zero-order valence-corrected chi connectivity index (χ0v) is 15.8. The minimum absolute atomic E-state index is 0.161. The first-order valence-corrected chi connectivity index (χ1v) is 8.96. The minimum Gasteiger partial charge on any atom is -0.497 e. The maximum absolute atomic E-state index is 5.42. The van der Waals surface area contributed by atoms with Gasteiger partial charge in [-0.15, -0.1) is 0 Å². The van der Waals surface area contributed by atoms with Crippen LogP contribution in [0.2, 0.25) is 0 Å². The third-order valence-electron chi connectivity index (χ3n) is 3.48. The van der Waals surface area contributed by atoms with E-state index in [0.717, 1.165) is 36.1 Å². The summed E-state index contributed by atoms with van der Waals surface area (Å²) in [6.07, 6.45) is 2.12. The fourth-order valence-corrected chi connectivity index (χ4v) is 2.07. The molecule has 130 valence electrons. The van der Waals surface area contributed by atoms with Crippen LogP contribution >= 0.6 is 11.8 Å². The number of ether oxygens (including phenoxy) is 2. The van der Waals surface area contributed by atoms with Gasteiger partial charge in [-0.25, -0.2) is 4.99 Å². The lowest BCUT2D eigenvalue weighted by Gasteiger charge is -2.23. The monoisotopic (exact) mass is 339 g/mol. The summed E-state index contributed by atoms with van der Waals surface area (Å²) in [6.45, 7) is 8.69. The van der Waals surface area contributed by atoms with E-state index >= 15 is 0 Å². The summed E-state index contributed by atoms with van der Waals surface area (Å²) in [7, 11) is 3.31. The first-order chi connectivity index (χ1) is 11.0. The third-order valence-corrected chi connectivity index (χ3v) is 4.73. The fourth-order valence-electron chi connectivity index (χ4n) is 1.86. The summed E-state index contributed by atoms with van der Waals surface area (Å²) in [4.78, 5) is 4.65. The number of benzene rings is 1. The Kier molecular flexibility index (Phi) is 8.09. The molecule has 2 N–H and O–H groups in total. The Bertz CT molecular complexity index is 519. The van der Waals surface area contributed by atoms with Crippen molar-refractivity contribution in [1.82, 2.24) is 10.6 Å². The summed E-state index contributed by atoms with van der Waals surface area (Å²) in [5, 5.41) is 6.67. The molecule has 23 heavy (non-hydrogen) atoms. The second-order valence-corrected chi connectivity index (χ2v) is 7.20. The van der Waals surface area contributed by atoms with Gasteiger partial charge >= 0.3 is 0 Å². The molecule has 0 heterocycles. The van der Waals surface area contributed by atoms with E-state index in [1.54, 1.807) is 14.2 Å². The SMILES string of the molecule is CCNC(=NCc1ccc(OC)cc1OC)NCC(C)(C)SC. The summed E-state index contributed by atoms with van der Waals surface area (Å²) in [5.74, 6) is 2.38. The van der Waals surface area contributed by atoms with Crippen molar-refractivity contribution in [2.75, 3.05) is 33.6 Å². The van der Waals surface area contributed by atoms with Crippen molar-refractivity contribution in [3.05, 3.63) is 23.8 Å². The number of hydrogen-bond donors (Lipinski definition) is 2. The second kappa shape index (κ2) is 9.55. The number of nitrogens with one attached hydrogen (secondary N) is 2. The van der Waals surface area contributed by atoms with Crippen LogP contribution in [0, 0.1) is 0 Å². The maximum atomic E-state index is 5.42. The van der Waals surface area contributed by atoms with Gasteiger partial charge in [-0.2, -0.15) is 11.8 Å². The zero-order chi connectivity index (χ0) is 17.3. The molecule has 5 nitrogen and oxygen atoms in total. The molecule has 0 saturated heterocycles. The molecule has 0 aromatic heterocycles. The van der Waals surface area contributed by atoms with Crippen LogP contribution in [0.4, 0.5) is 0 Å². The Balaban J connectivity index is 2.80. The molecule has 1 rings (SSSR count). The fraction of sp³-hybridized carbons (Fsp3) is 0.588. The van der Waals surface area contributed by atoms with Gasteiger partial charge in [0.2, 0.25) is 0 Å². The van der Waals surface area contributed by atoms with E-state index in [9.17, 15) is 0 Å². The Hall–Kier alpha value is -1.56. The van der Waals surface area contributed by atoms with Crippen molar-refractivity contribution >= 4 is 17.7 Å². The predicted octanol–water partition coefficient (Wildman–Crippen LogP) is 2.90. The lowest BCUT2D eigenvalue weighted by atomic mass is 10.2. The summed E-state index contributed by atoms with van der Waals surface area (Å²) in [5.41, 5.74) is 1.02. The van der Waals surface area contributed by atoms with Gasteiger partial charge in [0.1, 0.15) is 11.5 Å². The summed E-state index contributed by atoms with van der Waals surface area (Å²) < 4.78 is 10.8. The molecule has 1 aromatic rings. The first kappa shape index (κ1) is 19.5. The highest BCUT2D eigenvalue weighted by atomic mass is 32.2. The highest BCUT2D eigenvalue weighted by Crippen LogP contribution is 2.25. The first-order valence-electron chi connectivity index (χ1n) is 7.74. The molecular formula is C17H29N3O2S. The van der Waals surface area contributed by atoms with E-state index in [1.165, 1.54) is 0 Å². The van der Waals surface area contributed by atoms with Crippen LogP contribution in [0.25, 0.3) is 0 Å². The van der Waals surface area contributed by atoms with E-state index in [-0.39, 0.29) is 4.75 Å². The van der Waals surface area contributed by atoms with Crippen molar-refractivity contribution in [3.63, 3.8) is 0 Å². The lowest BCUT2D eigenvalue weighted by Crippen LogP contribution is -2.43. The molecule has 0 unspecified atom stereocenters. The van der Waals surface area contributed by atoms with Crippen LogP contribution in [-0.2, 0) is 6.54 Å². The minimum atomic E-state index is 0.161. The molecule has 0 aliphatic rings. The van der Waals surface area contributed by atoms with Gasteiger partial charge in [0.25, 0.3) is 0 Å². The highest BCUT2D eigenvalue weighted by molar-refractivity contribution is 7.99.